The number of carbonyl (C=O) groups is 1. The Balaban J connectivity index is 0. The van der Waals surface area contributed by atoms with E-state index in [1.807, 2.05) is 0 Å². The van der Waals surface area contributed by atoms with Crippen LogP contribution in [-0.4, -0.2) is 5.24 Å². The number of hydrogen-bond acceptors (Lipinski definition) is 1. The molecule has 0 aromatic rings. The van der Waals surface area contributed by atoms with Gasteiger partial charge in [-0.3, -0.25) is 4.79 Å². The summed E-state index contributed by atoms with van der Waals surface area (Å²) in [6, 6.07) is 0. The summed E-state index contributed by atoms with van der Waals surface area (Å²) in [6.07, 6.45) is 0.432. The Morgan fingerprint density at radius 1 is 1.83 bits per heavy atom. The maximum atomic E-state index is 9.58. The highest BCUT2D eigenvalue weighted by Gasteiger charge is 1.81. The quantitative estimate of drug-likeness (QED) is 0.491. The highest BCUT2D eigenvalue weighted by Crippen LogP contribution is 1.81. The van der Waals surface area contributed by atoms with Crippen molar-refractivity contribution in [3.63, 3.8) is 0 Å². The van der Waals surface area contributed by atoms with E-state index >= 15 is 0 Å². The Labute approximate surface area is 48.1 Å². The molecule has 1 nitrogen and oxygen atoms in total. The second-order valence-corrected chi connectivity index (χ2v) is 1.13. The van der Waals surface area contributed by atoms with E-state index in [4.69, 9.17) is 11.6 Å². The van der Waals surface area contributed by atoms with Crippen molar-refractivity contribution in [3.05, 3.63) is 0 Å². The lowest BCUT2D eigenvalue weighted by molar-refractivity contribution is -0.111. The molecule has 0 saturated heterocycles. The van der Waals surface area contributed by atoms with Crippen molar-refractivity contribution in [1.29, 1.82) is 0 Å². The van der Waals surface area contributed by atoms with Crippen LogP contribution in [0.2, 0.25) is 0 Å². The number of hydrogen-bond donors (Lipinski definition) is 0. The summed E-state index contributed by atoms with van der Waals surface area (Å²) >= 11 is 4.82. The summed E-state index contributed by atoms with van der Waals surface area (Å²) in [5.74, 6) is 0. The van der Waals surface area contributed by atoms with Crippen LogP contribution in [0.1, 0.15) is 13.3 Å². The van der Waals surface area contributed by atoms with E-state index in [-0.39, 0.29) is 17.6 Å². The Morgan fingerprint density at radius 3 is 2.00 bits per heavy atom. The molecule has 0 rings (SSSR count). The molecule has 0 aromatic carbocycles. The first kappa shape index (κ1) is 9.54. The summed E-state index contributed by atoms with van der Waals surface area (Å²) < 4.78 is 0. The molecule has 0 aromatic heterocycles. The van der Waals surface area contributed by atoms with Crippen molar-refractivity contribution in [3.8, 4) is 0 Å². The van der Waals surface area contributed by atoms with E-state index in [0.717, 1.165) is 0 Å². The van der Waals surface area contributed by atoms with Gasteiger partial charge in [0.05, 0.1) is 0 Å². The fourth-order valence-electron chi connectivity index (χ4n) is 0. The van der Waals surface area contributed by atoms with Crippen molar-refractivity contribution in [2.45, 2.75) is 13.3 Å². The van der Waals surface area contributed by atoms with Gasteiger partial charge in [-0.25, -0.2) is 0 Å². The Hall–Kier alpha value is 0.250. The van der Waals surface area contributed by atoms with Crippen LogP contribution in [0.3, 0.4) is 0 Å². The van der Waals surface area contributed by atoms with Crippen LogP contribution in [0.25, 0.3) is 0 Å². The van der Waals surface area contributed by atoms with Crippen molar-refractivity contribution >= 4 is 29.3 Å². The van der Waals surface area contributed by atoms with Crippen molar-refractivity contribution in [2.24, 2.45) is 0 Å². The normalized spacial score (nSPS) is 6.33. The molecule has 0 aliphatic heterocycles. The predicted octanol–water partition coefficient (Wildman–Crippen LogP) is 1.58. The van der Waals surface area contributed by atoms with Crippen LogP contribution in [0.15, 0.2) is 0 Å². The molecular weight excluding hydrogens is 123 g/mol. The van der Waals surface area contributed by atoms with E-state index in [1.54, 1.807) is 6.92 Å². The van der Waals surface area contributed by atoms with Gasteiger partial charge in [0.25, 0.3) is 0 Å². The van der Waals surface area contributed by atoms with Crippen molar-refractivity contribution in [1.82, 2.24) is 0 Å². The maximum absolute atomic E-state index is 9.58. The third-order valence-electron chi connectivity index (χ3n) is 0.278. The monoisotopic (exact) mass is 128 g/mol. The third-order valence-corrected chi connectivity index (χ3v) is 0.545. The summed E-state index contributed by atoms with van der Waals surface area (Å²) in [5.41, 5.74) is 0. The predicted molar refractivity (Wildman–Crippen MR) is 28.4 cm³/mol. The minimum atomic E-state index is -0.273. The summed E-state index contributed by atoms with van der Waals surface area (Å²) in [5, 5.41) is -0.273. The highest BCUT2D eigenvalue weighted by molar-refractivity contribution is 6.63. The van der Waals surface area contributed by atoms with E-state index in [2.05, 4.69) is 0 Å². The highest BCUT2D eigenvalue weighted by atomic mass is 35.5. The number of carbonyl (C=O) groups excluding carboxylic acids is 1. The molecule has 0 saturated carbocycles. The van der Waals surface area contributed by atoms with E-state index < -0.39 is 0 Å². The smallest absolute Gasteiger partial charge is 0.221 e. The van der Waals surface area contributed by atoms with E-state index in [9.17, 15) is 4.79 Å². The molecular formula is C3H6Cl2O. The number of rotatable bonds is 1. The molecule has 0 aliphatic rings. The molecule has 0 atom stereocenters. The molecule has 0 amide bonds. The van der Waals surface area contributed by atoms with Gasteiger partial charge in [-0.05, 0) is 11.6 Å². The standard InChI is InChI=1S/C3H5ClO.ClH/c1-2-3(4)5;/h2H2,1H3;1H. The van der Waals surface area contributed by atoms with Gasteiger partial charge in [0.2, 0.25) is 5.24 Å². The zero-order valence-corrected chi connectivity index (χ0v) is 4.97. The topological polar surface area (TPSA) is 17.1 Å². The zero-order valence-electron chi connectivity index (χ0n) is 3.40. The molecule has 3 heteroatoms. The Bertz CT molecular complexity index is 44.1. The van der Waals surface area contributed by atoms with Gasteiger partial charge in [-0.2, -0.15) is 0 Å². The lowest BCUT2D eigenvalue weighted by Crippen LogP contribution is -1.74. The van der Waals surface area contributed by atoms with Gasteiger partial charge in [-0.15, -0.1) is 12.4 Å². The van der Waals surface area contributed by atoms with Crippen molar-refractivity contribution in [2.75, 3.05) is 0 Å². The second-order valence-electron chi connectivity index (χ2n) is 0.709. The molecule has 6 heavy (non-hydrogen) atoms. The molecule has 0 N–H and O–H groups in total. The van der Waals surface area contributed by atoms with Gasteiger partial charge in [-0.1, -0.05) is 6.92 Å². The average molecular weight is 129 g/mol. The third kappa shape index (κ3) is 8.87. The second kappa shape index (κ2) is 5.25. The number of halogens is 2. The Kier molecular flexibility index (Phi) is 8.35. The lowest BCUT2D eigenvalue weighted by atomic mass is 10.6. The van der Waals surface area contributed by atoms with Gasteiger partial charge in [0.15, 0.2) is 0 Å². The van der Waals surface area contributed by atoms with Gasteiger partial charge < -0.3 is 0 Å². The minimum absolute atomic E-state index is 0. The first-order chi connectivity index (χ1) is 2.27. The van der Waals surface area contributed by atoms with Crippen molar-refractivity contribution < 1.29 is 4.79 Å². The molecule has 0 unspecified atom stereocenters. The molecule has 0 aliphatic carbocycles. The minimum Gasteiger partial charge on any atom is -0.281 e. The molecule has 0 heterocycles. The SMILES string of the molecule is CCC(=O)Cl.Cl. The van der Waals surface area contributed by atoms with E-state index in [1.165, 1.54) is 0 Å². The molecule has 0 spiro atoms. The lowest BCUT2D eigenvalue weighted by Gasteiger charge is -1.68. The van der Waals surface area contributed by atoms with Crippen LogP contribution in [-0.2, 0) is 4.79 Å². The Morgan fingerprint density at radius 2 is 2.00 bits per heavy atom. The average Bonchev–Trinajstić information content (AvgIpc) is 1.38. The first-order valence-electron chi connectivity index (χ1n) is 1.45. The van der Waals surface area contributed by atoms with Crippen LogP contribution in [0.5, 0.6) is 0 Å². The van der Waals surface area contributed by atoms with Crippen LogP contribution >= 0.6 is 24.0 Å². The largest absolute Gasteiger partial charge is 0.281 e. The molecule has 38 valence electrons. The summed E-state index contributed by atoms with van der Waals surface area (Å²) in [7, 11) is 0. The summed E-state index contributed by atoms with van der Waals surface area (Å²) in [6.45, 7) is 1.72. The maximum Gasteiger partial charge on any atom is 0.221 e. The van der Waals surface area contributed by atoms with Crippen LogP contribution in [0, 0.1) is 0 Å². The first-order valence-corrected chi connectivity index (χ1v) is 1.83. The van der Waals surface area contributed by atoms with E-state index in [0.29, 0.717) is 6.42 Å². The van der Waals surface area contributed by atoms with Gasteiger partial charge >= 0.3 is 0 Å². The fourth-order valence-corrected chi connectivity index (χ4v) is 0. The zero-order chi connectivity index (χ0) is 4.28. The molecule has 0 radical (unpaired) electrons. The van der Waals surface area contributed by atoms with Gasteiger partial charge in [0, 0.05) is 6.42 Å². The van der Waals surface area contributed by atoms with Crippen LogP contribution < -0.4 is 0 Å². The van der Waals surface area contributed by atoms with Gasteiger partial charge in [0.1, 0.15) is 0 Å². The molecule has 0 fully saturated rings. The van der Waals surface area contributed by atoms with Crippen LogP contribution in [0.4, 0.5) is 0 Å². The fraction of sp³-hybridized carbons (Fsp3) is 0.667. The molecule has 0 bridgehead atoms. The summed E-state index contributed by atoms with van der Waals surface area (Å²) in [4.78, 5) is 9.58.